The minimum atomic E-state index is -0.0326. The molecule has 1 unspecified atom stereocenters. The second-order valence-electron chi connectivity index (χ2n) is 5.75. The van der Waals surface area contributed by atoms with E-state index in [1.165, 1.54) is 0 Å². The Hall–Kier alpha value is -0.940. The van der Waals surface area contributed by atoms with Gasteiger partial charge in [0.05, 0.1) is 6.10 Å². The van der Waals surface area contributed by atoms with Crippen LogP contribution in [0.25, 0.3) is 0 Å². The SMILES string of the molecule is CC(C)(C)c1nc(=S)cc(NCC2CCCO2)[nH]1. The molecule has 0 aliphatic carbocycles. The predicted molar refractivity (Wildman–Crippen MR) is 75.6 cm³/mol. The number of nitrogens with one attached hydrogen (secondary N) is 2. The smallest absolute Gasteiger partial charge is 0.131 e. The number of anilines is 1. The summed E-state index contributed by atoms with van der Waals surface area (Å²) in [6.45, 7) is 8.05. The molecule has 5 heteroatoms. The van der Waals surface area contributed by atoms with Gasteiger partial charge in [-0.05, 0) is 12.8 Å². The van der Waals surface area contributed by atoms with Gasteiger partial charge in [0.1, 0.15) is 16.3 Å². The van der Waals surface area contributed by atoms with Gasteiger partial charge in [0.25, 0.3) is 0 Å². The van der Waals surface area contributed by atoms with E-state index in [0.717, 1.165) is 37.6 Å². The highest BCUT2D eigenvalue weighted by Gasteiger charge is 2.18. The van der Waals surface area contributed by atoms with Gasteiger partial charge in [-0.3, -0.25) is 0 Å². The zero-order chi connectivity index (χ0) is 13.2. The topological polar surface area (TPSA) is 49.9 Å². The van der Waals surface area contributed by atoms with Crippen LogP contribution < -0.4 is 5.32 Å². The van der Waals surface area contributed by atoms with Crippen LogP contribution in [0.2, 0.25) is 0 Å². The van der Waals surface area contributed by atoms with Gasteiger partial charge in [-0.1, -0.05) is 33.0 Å². The molecule has 0 radical (unpaired) electrons. The third-order valence-corrected chi connectivity index (χ3v) is 3.21. The first kappa shape index (κ1) is 13.5. The van der Waals surface area contributed by atoms with E-state index in [9.17, 15) is 0 Å². The lowest BCUT2D eigenvalue weighted by Gasteiger charge is -2.19. The van der Waals surface area contributed by atoms with Crippen LogP contribution in [-0.4, -0.2) is 29.2 Å². The molecule has 1 saturated heterocycles. The first-order valence-electron chi connectivity index (χ1n) is 6.42. The average Bonchev–Trinajstić information content (AvgIpc) is 2.77. The fourth-order valence-electron chi connectivity index (χ4n) is 1.94. The number of aromatic nitrogens is 2. The molecule has 100 valence electrons. The number of aromatic amines is 1. The van der Waals surface area contributed by atoms with Crippen molar-refractivity contribution in [1.82, 2.24) is 9.97 Å². The highest BCUT2D eigenvalue weighted by Crippen LogP contribution is 2.20. The van der Waals surface area contributed by atoms with Gasteiger partial charge in [0, 0.05) is 24.6 Å². The molecule has 0 spiro atoms. The van der Waals surface area contributed by atoms with Crippen molar-refractivity contribution in [3.63, 3.8) is 0 Å². The molecule has 1 aromatic heterocycles. The Morgan fingerprint density at radius 2 is 2.33 bits per heavy atom. The van der Waals surface area contributed by atoms with Gasteiger partial charge in [-0.15, -0.1) is 0 Å². The van der Waals surface area contributed by atoms with E-state index in [2.05, 4.69) is 36.1 Å². The van der Waals surface area contributed by atoms with Crippen LogP contribution in [-0.2, 0) is 10.2 Å². The van der Waals surface area contributed by atoms with Crippen LogP contribution in [0.15, 0.2) is 6.07 Å². The van der Waals surface area contributed by atoms with Crippen LogP contribution in [0.1, 0.15) is 39.4 Å². The average molecular weight is 267 g/mol. The van der Waals surface area contributed by atoms with Gasteiger partial charge in [-0.2, -0.15) is 0 Å². The number of hydrogen-bond acceptors (Lipinski definition) is 4. The lowest BCUT2D eigenvalue weighted by Crippen LogP contribution is -2.21. The Kier molecular flexibility index (Phi) is 4.02. The molecule has 2 rings (SSSR count). The molecular weight excluding hydrogens is 246 g/mol. The molecule has 0 bridgehead atoms. The lowest BCUT2D eigenvalue weighted by molar-refractivity contribution is 0.120. The van der Waals surface area contributed by atoms with Gasteiger partial charge < -0.3 is 15.0 Å². The highest BCUT2D eigenvalue weighted by molar-refractivity contribution is 7.71. The number of hydrogen-bond donors (Lipinski definition) is 2. The van der Waals surface area contributed by atoms with Gasteiger partial charge in [0.2, 0.25) is 0 Å². The van der Waals surface area contributed by atoms with Crippen molar-refractivity contribution in [3.05, 3.63) is 16.5 Å². The van der Waals surface area contributed by atoms with Crippen molar-refractivity contribution in [2.75, 3.05) is 18.5 Å². The lowest BCUT2D eigenvalue weighted by atomic mass is 9.96. The molecule has 2 N–H and O–H groups in total. The Labute approximate surface area is 113 Å². The van der Waals surface area contributed by atoms with Crippen LogP contribution >= 0.6 is 12.2 Å². The van der Waals surface area contributed by atoms with Crippen LogP contribution in [0.5, 0.6) is 0 Å². The Balaban J connectivity index is 2.08. The van der Waals surface area contributed by atoms with E-state index in [0.29, 0.717) is 10.7 Å². The fourth-order valence-corrected chi connectivity index (χ4v) is 2.15. The predicted octanol–water partition coefficient (Wildman–Crippen LogP) is 3.03. The van der Waals surface area contributed by atoms with Gasteiger partial charge in [-0.25, -0.2) is 4.98 Å². The minimum Gasteiger partial charge on any atom is -0.376 e. The minimum absolute atomic E-state index is 0.0326. The third-order valence-electron chi connectivity index (χ3n) is 3.00. The first-order valence-corrected chi connectivity index (χ1v) is 6.83. The molecule has 0 saturated carbocycles. The second kappa shape index (κ2) is 5.36. The largest absolute Gasteiger partial charge is 0.376 e. The number of nitrogens with zero attached hydrogens (tertiary/aromatic N) is 1. The fraction of sp³-hybridized carbons (Fsp3) is 0.692. The van der Waals surface area contributed by atoms with Crippen LogP contribution in [0.3, 0.4) is 0 Å². The molecular formula is C13H21N3OS. The van der Waals surface area contributed by atoms with Crippen LogP contribution in [0.4, 0.5) is 5.82 Å². The van der Waals surface area contributed by atoms with E-state index in [1.807, 2.05) is 6.07 Å². The maximum Gasteiger partial charge on any atom is 0.131 e. The van der Waals surface area contributed by atoms with E-state index < -0.39 is 0 Å². The van der Waals surface area contributed by atoms with Gasteiger partial charge >= 0.3 is 0 Å². The Morgan fingerprint density at radius 1 is 1.56 bits per heavy atom. The van der Waals surface area contributed by atoms with Crippen molar-refractivity contribution in [1.29, 1.82) is 0 Å². The Morgan fingerprint density at radius 3 is 2.94 bits per heavy atom. The summed E-state index contributed by atoms with van der Waals surface area (Å²) >= 11 is 5.20. The summed E-state index contributed by atoms with van der Waals surface area (Å²) < 4.78 is 6.20. The summed E-state index contributed by atoms with van der Waals surface area (Å²) in [5.41, 5.74) is -0.0326. The van der Waals surface area contributed by atoms with Crippen molar-refractivity contribution in [2.45, 2.75) is 45.1 Å². The summed E-state index contributed by atoms with van der Waals surface area (Å²) in [5.74, 6) is 1.83. The second-order valence-corrected chi connectivity index (χ2v) is 6.17. The molecule has 2 heterocycles. The maximum absolute atomic E-state index is 5.58. The van der Waals surface area contributed by atoms with Gasteiger partial charge in [0.15, 0.2) is 0 Å². The number of H-pyrrole nitrogens is 1. The van der Waals surface area contributed by atoms with Crippen molar-refractivity contribution < 1.29 is 4.74 Å². The monoisotopic (exact) mass is 267 g/mol. The van der Waals surface area contributed by atoms with E-state index in [4.69, 9.17) is 17.0 Å². The zero-order valence-corrected chi connectivity index (χ0v) is 12.1. The molecule has 1 aromatic rings. The summed E-state index contributed by atoms with van der Waals surface area (Å²) in [7, 11) is 0. The third kappa shape index (κ3) is 3.53. The normalized spacial score (nSPS) is 20.1. The van der Waals surface area contributed by atoms with E-state index in [-0.39, 0.29) is 5.41 Å². The Bertz CT molecular complexity index is 458. The molecule has 4 nitrogen and oxygen atoms in total. The summed E-state index contributed by atoms with van der Waals surface area (Å²) in [4.78, 5) is 7.68. The van der Waals surface area contributed by atoms with E-state index >= 15 is 0 Å². The van der Waals surface area contributed by atoms with E-state index in [1.54, 1.807) is 0 Å². The van der Waals surface area contributed by atoms with Crippen LogP contribution in [0, 0.1) is 4.64 Å². The maximum atomic E-state index is 5.58. The van der Waals surface area contributed by atoms with Crippen molar-refractivity contribution >= 4 is 18.0 Å². The zero-order valence-electron chi connectivity index (χ0n) is 11.2. The first-order chi connectivity index (χ1) is 8.45. The molecule has 18 heavy (non-hydrogen) atoms. The molecule has 1 aliphatic heterocycles. The molecule has 1 atom stereocenters. The number of rotatable bonds is 3. The highest BCUT2D eigenvalue weighted by atomic mass is 32.1. The quantitative estimate of drug-likeness (QED) is 0.827. The molecule has 1 fully saturated rings. The standard InChI is InChI=1S/C13H21N3OS/c1-13(2,3)12-15-10(7-11(18)16-12)14-8-9-5-4-6-17-9/h7,9H,4-6,8H2,1-3H3,(H2,14,15,16,18). The van der Waals surface area contributed by atoms with Crippen molar-refractivity contribution in [3.8, 4) is 0 Å². The number of ether oxygens (including phenoxy) is 1. The molecule has 0 aromatic carbocycles. The summed E-state index contributed by atoms with van der Waals surface area (Å²) in [6.07, 6.45) is 2.61. The summed E-state index contributed by atoms with van der Waals surface area (Å²) in [5, 5.41) is 3.35. The van der Waals surface area contributed by atoms with Crippen molar-refractivity contribution in [2.24, 2.45) is 0 Å². The summed E-state index contributed by atoms with van der Waals surface area (Å²) in [6, 6.07) is 1.86. The molecule has 0 amide bonds. The molecule has 1 aliphatic rings.